The highest BCUT2D eigenvalue weighted by atomic mass is 16.3. The highest BCUT2D eigenvalue weighted by Crippen LogP contribution is 2.36. The van der Waals surface area contributed by atoms with Crippen molar-refractivity contribution in [3.05, 3.63) is 0 Å². The number of nitrogens with one attached hydrogen (secondary N) is 1. The number of rotatable bonds is 1. The van der Waals surface area contributed by atoms with Gasteiger partial charge in [-0.3, -0.25) is 4.79 Å². The van der Waals surface area contributed by atoms with E-state index in [1.807, 2.05) is 0 Å². The van der Waals surface area contributed by atoms with Crippen LogP contribution in [0.1, 0.15) is 12.8 Å². The van der Waals surface area contributed by atoms with E-state index in [9.17, 15) is 4.79 Å². The van der Waals surface area contributed by atoms with Gasteiger partial charge in [0.15, 0.2) is 0 Å². The van der Waals surface area contributed by atoms with Crippen LogP contribution in [-0.2, 0) is 4.79 Å². The average Bonchev–Trinajstić information content (AvgIpc) is 2.14. The standard InChI is InChI=1S/C9H16N2O2/c12-4-8(13)11-6-9(7-11)2-1-3-10-5-9/h10,12H,1-7H2. The number of nitrogens with zero attached hydrogens (tertiary/aromatic N) is 1. The zero-order valence-corrected chi connectivity index (χ0v) is 7.75. The van der Waals surface area contributed by atoms with Crippen LogP contribution in [0.25, 0.3) is 0 Å². The summed E-state index contributed by atoms with van der Waals surface area (Å²) in [7, 11) is 0. The molecule has 4 heteroatoms. The van der Waals surface area contributed by atoms with Gasteiger partial charge in [-0.15, -0.1) is 0 Å². The lowest BCUT2D eigenvalue weighted by Gasteiger charge is -2.52. The number of carbonyl (C=O) groups is 1. The Morgan fingerprint density at radius 1 is 1.54 bits per heavy atom. The Balaban J connectivity index is 1.85. The first-order valence-electron chi connectivity index (χ1n) is 4.85. The summed E-state index contributed by atoms with van der Waals surface area (Å²) in [5.74, 6) is -0.129. The molecule has 0 radical (unpaired) electrons. The van der Waals surface area contributed by atoms with Crippen LogP contribution < -0.4 is 5.32 Å². The molecule has 2 fully saturated rings. The summed E-state index contributed by atoms with van der Waals surface area (Å²) >= 11 is 0. The molecule has 0 atom stereocenters. The molecule has 0 aromatic carbocycles. The molecular weight excluding hydrogens is 168 g/mol. The largest absolute Gasteiger partial charge is 0.387 e. The van der Waals surface area contributed by atoms with Crippen molar-refractivity contribution in [2.75, 3.05) is 32.8 Å². The Morgan fingerprint density at radius 2 is 2.31 bits per heavy atom. The van der Waals surface area contributed by atoms with Gasteiger partial charge in [0.05, 0.1) is 0 Å². The Morgan fingerprint density at radius 3 is 2.85 bits per heavy atom. The third kappa shape index (κ3) is 1.56. The molecule has 13 heavy (non-hydrogen) atoms. The topological polar surface area (TPSA) is 52.6 Å². The quantitative estimate of drug-likeness (QED) is 0.560. The minimum Gasteiger partial charge on any atom is -0.387 e. The number of carbonyl (C=O) groups excluding carboxylic acids is 1. The van der Waals surface area contributed by atoms with Crippen molar-refractivity contribution in [3.8, 4) is 0 Å². The number of piperidine rings is 1. The van der Waals surface area contributed by atoms with Gasteiger partial charge in [-0.25, -0.2) is 0 Å². The van der Waals surface area contributed by atoms with Gasteiger partial charge in [0, 0.05) is 25.0 Å². The zero-order chi connectivity index (χ0) is 9.31. The minimum atomic E-state index is -0.344. The van der Waals surface area contributed by atoms with Gasteiger partial charge in [0.25, 0.3) is 0 Å². The first-order chi connectivity index (χ1) is 6.26. The van der Waals surface area contributed by atoms with Gasteiger partial charge < -0.3 is 15.3 Å². The third-order valence-corrected chi connectivity index (χ3v) is 3.10. The number of hydrogen-bond acceptors (Lipinski definition) is 3. The van der Waals surface area contributed by atoms with Gasteiger partial charge in [-0.1, -0.05) is 0 Å². The molecule has 2 aliphatic rings. The highest BCUT2D eigenvalue weighted by Gasteiger charge is 2.45. The fourth-order valence-corrected chi connectivity index (χ4v) is 2.34. The summed E-state index contributed by atoms with van der Waals surface area (Å²) in [6, 6.07) is 0. The predicted molar refractivity (Wildman–Crippen MR) is 48.2 cm³/mol. The van der Waals surface area contributed by atoms with E-state index in [-0.39, 0.29) is 12.5 Å². The monoisotopic (exact) mass is 184 g/mol. The van der Waals surface area contributed by atoms with E-state index in [0.717, 1.165) is 26.2 Å². The van der Waals surface area contributed by atoms with E-state index in [4.69, 9.17) is 5.11 Å². The molecule has 2 N–H and O–H groups in total. The molecule has 1 amide bonds. The summed E-state index contributed by atoms with van der Waals surface area (Å²) in [6.07, 6.45) is 2.43. The molecule has 0 bridgehead atoms. The van der Waals surface area contributed by atoms with Crippen molar-refractivity contribution in [1.29, 1.82) is 0 Å². The zero-order valence-electron chi connectivity index (χ0n) is 7.75. The van der Waals surface area contributed by atoms with E-state index in [1.165, 1.54) is 12.8 Å². The molecule has 1 spiro atoms. The molecule has 0 unspecified atom stereocenters. The van der Waals surface area contributed by atoms with Gasteiger partial charge >= 0.3 is 0 Å². The normalized spacial score (nSPS) is 25.8. The maximum Gasteiger partial charge on any atom is 0.248 e. The summed E-state index contributed by atoms with van der Waals surface area (Å²) in [5.41, 5.74) is 0.336. The van der Waals surface area contributed by atoms with Gasteiger partial charge in [0.2, 0.25) is 5.91 Å². The van der Waals surface area contributed by atoms with Crippen LogP contribution in [0.2, 0.25) is 0 Å². The molecular formula is C9H16N2O2. The van der Waals surface area contributed by atoms with Crippen LogP contribution >= 0.6 is 0 Å². The van der Waals surface area contributed by atoms with Crippen molar-refractivity contribution in [1.82, 2.24) is 10.2 Å². The first kappa shape index (κ1) is 8.97. The van der Waals surface area contributed by atoms with Crippen molar-refractivity contribution >= 4 is 5.91 Å². The Labute approximate surface area is 77.9 Å². The highest BCUT2D eigenvalue weighted by molar-refractivity contribution is 5.78. The van der Waals surface area contributed by atoms with Crippen molar-refractivity contribution in [2.24, 2.45) is 5.41 Å². The number of aliphatic hydroxyl groups is 1. The Hall–Kier alpha value is -0.610. The van der Waals surface area contributed by atoms with Crippen LogP contribution in [0.4, 0.5) is 0 Å². The maximum absolute atomic E-state index is 11.1. The van der Waals surface area contributed by atoms with Crippen LogP contribution in [0.15, 0.2) is 0 Å². The van der Waals surface area contributed by atoms with Crippen molar-refractivity contribution in [3.63, 3.8) is 0 Å². The molecule has 0 aromatic heterocycles. The van der Waals surface area contributed by atoms with Gasteiger partial charge in [0.1, 0.15) is 6.61 Å². The molecule has 74 valence electrons. The number of amides is 1. The predicted octanol–water partition coefficient (Wildman–Crippen LogP) is -0.809. The van der Waals surface area contributed by atoms with E-state index in [0.29, 0.717) is 5.41 Å². The molecule has 0 aliphatic carbocycles. The second kappa shape index (κ2) is 3.27. The second-order valence-electron chi connectivity index (χ2n) is 4.19. The molecule has 4 nitrogen and oxygen atoms in total. The van der Waals surface area contributed by atoms with Crippen LogP contribution in [0.5, 0.6) is 0 Å². The van der Waals surface area contributed by atoms with Crippen molar-refractivity contribution < 1.29 is 9.90 Å². The summed E-state index contributed by atoms with van der Waals surface area (Å²) in [4.78, 5) is 12.8. The van der Waals surface area contributed by atoms with Crippen LogP contribution in [0.3, 0.4) is 0 Å². The lowest BCUT2D eigenvalue weighted by atomic mass is 9.74. The van der Waals surface area contributed by atoms with E-state index >= 15 is 0 Å². The van der Waals surface area contributed by atoms with Crippen molar-refractivity contribution in [2.45, 2.75) is 12.8 Å². The van der Waals surface area contributed by atoms with E-state index < -0.39 is 0 Å². The lowest BCUT2D eigenvalue weighted by Crippen LogP contribution is -2.64. The molecule has 2 aliphatic heterocycles. The summed E-state index contributed by atoms with van der Waals surface area (Å²) in [5, 5.41) is 12.0. The fourth-order valence-electron chi connectivity index (χ4n) is 2.34. The van der Waals surface area contributed by atoms with Crippen LogP contribution in [0, 0.1) is 5.41 Å². The average molecular weight is 184 g/mol. The van der Waals surface area contributed by atoms with Gasteiger partial charge in [-0.2, -0.15) is 0 Å². The van der Waals surface area contributed by atoms with E-state index in [1.54, 1.807) is 4.90 Å². The summed E-state index contributed by atoms with van der Waals surface area (Å²) < 4.78 is 0. The van der Waals surface area contributed by atoms with E-state index in [2.05, 4.69) is 5.32 Å². The summed E-state index contributed by atoms with van der Waals surface area (Å²) in [6.45, 7) is 3.46. The van der Waals surface area contributed by atoms with Crippen LogP contribution in [-0.4, -0.2) is 48.7 Å². The van der Waals surface area contributed by atoms with Gasteiger partial charge in [-0.05, 0) is 19.4 Å². The molecule has 0 aromatic rings. The Kier molecular flexibility index (Phi) is 2.26. The second-order valence-corrected chi connectivity index (χ2v) is 4.19. The number of aliphatic hydroxyl groups excluding tert-OH is 1. The number of hydrogen-bond donors (Lipinski definition) is 2. The molecule has 2 saturated heterocycles. The molecule has 2 rings (SSSR count). The minimum absolute atomic E-state index is 0.129. The number of likely N-dealkylation sites (tertiary alicyclic amines) is 1. The lowest BCUT2D eigenvalue weighted by molar-refractivity contribution is -0.147. The SMILES string of the molecule is O=C(CO)N1CC2(CCCNC2)C1. The first-order valence-corrected chi connectivity index (χ1v) is 4.85. The molecule has 0 saturated carbocycles. The third-order valence-electron chi connectivity index (χ3n) is 3.10. The fraction of sp³-hybridized carbons (Fsp3) is 0.889. The maximum atomic E-state index is 11.1. The Bertz CT molecular complexity index is 204. The molecule has 2 heterocycles. The smallest absolute Gasteiger partial charge is 0.248 e.